The molecular formula is C24H23N3O2S. The van der Waals surface area contributed by atoms with Crippen LogP contribution in [0.15, 0.2) is 72.1 Å². The van der Waals surface area contributed by atoms with Gasteiger partial charge in [-0.3, -0.25) is 0 Å². The second kappa shape index (κ2) is 8.52. The lowest BCUT2D eigenvalue weighted by molar-refractivity contribution is 0.0681. The number of aromatic nitrogens is 2. The summed E-state index contributed by atoms with van der Waals surface area (Å²) in [5, 5.41) is 13.7. The number of aliphatic hydroxyl groups excluding tert-OH is 1. The van der Waals surface area contributed by atoms with Crippen LogP contribution < -0.4 is 4.90 Å². The number of benzene rings is 2. The molecule has 1 aliphatic rings. The zero-order chi connectivity index (χ0) is 20.3. The Bertz CT molecular complexity index is 1120. The normalized spacial score (nSPS) is 17.9. The van der Waals surface area contributed by atoms with Crippen LogP contribution in [0.3, 0.4) is 0 Å². The Labute approximate surface area is 179 Å². The maximum atomic E-state index is 10.7. The van der Waals surface area contributed by atoms with Crippen molar-refractivity contribution in [1.29, 1.82) is 0 Å². The molecular weight excluding hydrogens is 394 g/mol. The smallest absolute Gasteiger partial charge is 0.226 e. The zero-order valence-corrected chi connectivity index (χ0v) is 17.3. The van der Waals surface area contributed by atoms with Gasteiger partial charge in [0.25, 0.3) is 0 Å². The van der Waals surface area contributed by atoms with E-state index >= 15 is 0 Å². The molecule has 4 aromatic rings. The lowest BCUT2D eigenvalue weighted by atomic mass is 10.1. The highest BCUT2D eigenvalue weighted by molar-refractivity contribution is 7.10. The summed E-state index contributed by atoms with van der Waals surface area (Å²) in [6.45, 7) is 1.89. The molecule has 5 nitrogen and oxygen atoms in total. The van der Waals surface area contributed by atoms with Gasteiger partial charge in [-0.15, -0.1) is 11.3 Å². The molecule has 0 bridgehead atoms. The minimum absolute atomic E-state index is 0.0145. The highest BCUT2D eigenvalue weighted by Crippen LogP contribution is 2.31. The fraction of sp³-hybridized carbons (Fsp3) is 0.250. The number of fused-ring (bicyclic) bond motifs is 1. The third-order valence-electron chi connectivity index (χ3n) is 5.49. The molecule has 2 aromatic heterocycles. The van der Waals surface area contributed by atoms with Crippen LogP contribution in [0.5, 0.6) is 0 Å². The molecule has 2 unspecified atom stereocenters. The number of hydrogen-bond donors (Lipinski definition) is 1. The Balaban J connectivity index is 1.54. The van der Waals surface area contributed by atoms with E-state index in [0.29, 0.717) is 32.1 Å². The maximum Gasteiger partial charge on any atom is 0.226 e. The van der Waals surface area contributed by atoms with Gasteiger partial charge in [-0.1, -0.05) is 54.6 Å². The van der Waals surface area contributed by atoms with E-state index in [-0.39, 0.29) is 6.04 Å². The SMILES string of the molecule is OC(CC1COCCN1c1nc(-c2ccccc2)c2ccccc2n1)c1cccs1. The van der Waals surface area contributed by atoms with Gasteiger partial charge in [0.05, 0.1) is 36.6 Å². The molecule has 6 heteroatoms. The second-order valence-electron chi connectivity index (χ2n) is 7.44. The molecule has 0 aliphatic carbocycles. The van der Waals surface area contributed by atoms with Gasteiger partial charge in [-0.05, 0) is 17.5 Å². The van der Waals surface area contributed by atoms with Crippen LogP contribution in [-0.2, 0) is 4.74 Å². The summed E-state index contributed by atoms with van der Waals surface area (Å²) in [7, 11) is 0. The van der Waals surface area contributed by atoms with E-state index in [1.54, 1.807) is 11.3 Å². The van der Waals surface area contributed by atoms with Gasteiger partial charge >= 0.3 is 0 Å². The first kappa shape index (κ1) is 19.2. The summed E-state index contributed by atoms with van der Waals surface area (Å²) in [5.74, 6) is 0.694. The summed E-state index contributed by atoms with van der Waals surface area (Å²) < 4.78 is 5.75. The van der Waals surface area contributed by atoms with Crippen molar-refractivity contribution in [2.45, 2.75) is 18.6 Å². The van der Waals surface area contributed by atoms with E-state index in [4.69, 9.17) is 14.7 Å². The number of ether oxygens (including phenoxy) is 1. The summed E-state index contributed by atoms with van der Waals surface area (Å²) >= 11 is 1.58. The molecule has 1 saturated heterocycles. The Morgan fingerprint density at radius 2 is 1.87 bits per heavy atom. The van der Waals surface area contributed by atoms with Crippen molar-refractivity contribution in [3.8, 4) is 11.3 Å². The monoisotopic (exact) mass is 417 g/mol. The van der Waals surface area contributed by atoms with Crippen molar-refractivity contribution >= 4 is 28.2 Å². The molecule has 1 fully saturated rings. The lowest BCUT2D eigenvalue weighted by Crippen LogP contribution is -2.47. The molecule has 5 rings (SSSR count). The Morgan fingerprint density at radius 1 is 1.03 bits per heavy atom. The second-order valence-corrected chi connectivity index (χ2v) is 8.42. The number of rotatable bonds is 5. The molecule has 1 N–H and O–H groups in total. The number of thiophene rings is 1. The Morgan fingerprint density at radius 3 is 2.70 bits per heavy atom. The van der Waals surface area contributed by atoms with E-state index in [1.165, 1.54) is 0 Å². The van der Waals surface area contributed by atoms with E-state index in [0.717, 1.165) is 27.0 Å². The molecule has 2 atom stereocenters. The first-order chi connectivity index (χ1) is 14.8. The van der Waals surface area contributed by atoms with Crippen LogP contribution in [0.25, 0.3) is 22.2 Å². The van der Waals surface area contributed by atoms with Gasteiger partial charge < -0.3 is 14.7 Å². The number of anilines is 1. The zero-order valence-electron chi connectivity index (χ0n) is 16.5. The standard InChI is InChI=1S/C24H23N3O2S/c28-21(22-11-6-14-30-22)15-18-16-29-13-12-27(18)24-25-20-10-5-4-9-19(20)23(26-24)17-7-2-1-3-8-17/h1-11,14,18,21,28H,12-13,15-16H2. The van der Waals surface area contributed by atoms with Gasteiger partial charge in [-0.25, -0.2) is 9.97 Å². The topological polar surface area (TPSA) is 58.5 Å². The van der Waals surface area contributed by atoms with Crippen LogP contribution >= 0.6 is 11.3 Å². The quantitative estimate of drug-likeness (QED) is 0.511. The highest BCUT2D eigenvalue weighted by atomic mass is 32.1. The molecule has 3 heterocycles. The molecule has 0 saturated carbocycles. The largest absolute Gasteiger partial charge is 0.387 e. The number of aliphatic hydroxyl groups is 1. The van der Waals surface area contributed by atoms with Crippen molar-refractivity contribution < 1.29 is 9.84 Å². The average Bonchev–Trinajstić information content (AvgIpc) is 3.35. The third kappa shape index (κ3) is 3.81. The highest BCUT2D eigenvalue weighted by Gasteiger charge is 2.29. The van der Waals surface area contributed by atoms with Crippen LogP contribution in [0.1, 0.15) is 17.4 Å². The number of morpholine rings is 1. The first-order valence-electron chi connectivity index (χ1n) is 10.2. The summed E-state index contributed by atoms with van der Waals surface area (Å²) in [4.78, 5) is 13.1. The van der Waals surface area contributed by atoms with Crippen molar-refractivity contribution in [1.82, 2.24) is 9.97 Å². The molecule has 2 aromatic carbocycles. The first-order valence-corrected chi connectivity index (χ1v) is 11.1. The number of hydrogen-bond acceptors (Lipinski definition) is 6. The van der Waals surface area contributed by atoms with E-state index in [2.05, 4.69) is 23.1 Å². The van der Waals surface area contributed by atoms with E-state index < -0.39 is 6.10 Å². The minimum Gasteiger partial charge on any atom is -0.387 e. The molecule has 0 spiro atoms. The Kier molecular flexibility index (Phi) is 5.45. The van der Waals surface area contributed by atoms with Gasteiger partial charge in [-0.2, -0.15) is 0 Å². The van der Waals surface area contributed by atoms with Crippen LogP contribution in [0.2, 0.25) is 0 Å². The van der Waals surface area contributed by atoms with E-state index in [9.17, 15) is 5.11 Å². The van der Waals surface area contributed by atoms with Gasteiger partial charge in [0, 0.05) is 28.8 Å². The van der Waals surface area contributed by atoms with Crippen molar-refractivity contribution in [2.75, 3.05) is 24.7 Å². The average molecular weight is 418 g/mol. The summed E-state index contributed by atoms with van der Waals surface area (Å²) in [6, 6.07) is 22.3. The molecule has 0 radical (unpaired) electrons. The van der Waals surface area contributed by atoms with E-state index in [1.807, 2.05) is 53.9 Å². The summed E-state index contributed by atoms with van der Waals surface area (Å²) in [5.41, 5.74) is 2.92. The minimum atomic E-state index is -0.520. The third-order valence-corrected chi connectivity index (χ3v) is 6.46. The van der Waals surface area contributed by atoms with Crippen LogP contribution in [0, 0.1) is 0 Å². The van der Waals surface area contributed by atoms with Gasteiger partial charge in [0.15, 0.2) is 0 Å². The molecule has 0 amide bonds. The fourth-order valence-corrected chi connectivity index (χ4v) is 4.70. The number of nitrogens with zero attached hydrogens (tertiary/aromatic N) is 3. The molecule has 30 heavy (non-hydrogen) atoms. The molecule has 1 aliphatic heterocycles. The van der Waals surface area contributed by atoms with Crippen molar-refractivity contribution in [2.24, 2.45) is 0 Å². The van der Waals surface area contributed by atoms with Crippen molar-refractivity contribution in [3.05, 3.63) is 77.0 Å². The van der Waals surface area contributed by atoms with Crippen LogP contribution in [0.4, 0.5) is 5.95 Å². The number of para-hydroxylation sites is 1. The van der Waals surface area contributed by atoms with Gasteiger partial charge in [0.1, 0.15) is 0 Å². The summed E-state index contributed by atoms with van der Waals surface area (Å²) in [6.07, 6.45) is 0.0606. The Hall–Kier alpha value is -2.80. The lowest BCUT2D eigenvalue weighted by Gasteiger charge is -2.36. The molecule has 152 valence electrons. The van der Waals surface area contributed by atoms with Crippen molar-refractivity contribution in [3.63, 3.8) is 0 Å². The predicted octanol–water partition coefficient (Wildman–Crippen LogP) is 4.69. The van der Waals surface area contributed by atoms with Crippen LogP contribution in [-0.4, -0.2) is 40.9 Å². The fourth-order valence-electron chi connectivity index (χ4n) is 3.98. The predicted molar refractivity (Wildman–Crippen MR) is 121 cm³/mol. The van der Waals surface area contributed by atoms with Gasteiger partial charge in [0.2, 0.25) is 5.95 Å². The maximum absolute atomic E-state index is 10.7.